The molecule has 2 N–H and O–H groups in total. The Morgan fingerprint density at radius 2 is 1.70 bits per heavy atom. The second kappa shape index (κ2) is 9.84. The number of rotatable bonds is 6. The van der Waals surface area contributed by atoms with E-state index in [1.807, 2.05) is 6.07 Å². The van der Waals surface area contributed by atoms with E-state index >= 15 is 0 Å². The number of carboxylic acids is 1. The van der Waals surface area contributed by atoms with Gasteiger partial charge in [-0.05, 0) is 47.5 Å². The van der Waals surface area contributed by atoms with E-state index in [9.17, 15) is 18.8 Å². The number of carboxylic acid groups (broad SMARTS) is 1. The van der Waals surface area contributed by atoms with Crippen molar-refractivity contribution >= 4 is 46.3 Å². The van der Waals surface area contributed by atoms with E-state index in [2.05, 4.69) is 10.2 Å². The molecule has 37 heavy (non-hydrogen) atoms. The molecule has 4 aromatic rings. The largest absolute Gasteiger partial charge is 0.481 e. The van der Waals surface area contributed by atoms with Crippen molar-refractivity contribution in [2.75, 3.05) is 0 Å². The fourth-order valence-corrected chi connectivity index (χ4v) is 4.72. The highest BCUT2D eigenvalue weighted by atomic mass is 35.5. The molecular weight excluding hydrogens is 522 g/mol. The Bertz CT molecular complexity index is 1600. The Balaban J connectivity index is 1.68. The number of alkyl halides is 1. The predicted octanol–water partition coefficient (Wildman–Crippen LogP) is 5.09. The van der Waals surface area contributed by atoms with Crippen LogP contribution in [0.4, 0.5) is 4.39 Å². The number of hydrogen-bond acceptors (Lipinski definition) is 4. The third kappa shape index (κ3) is 4.75. The van der Waals surface area contributed by atoms with Crippen LogP contribution in [0.5, 0.6) is 0 Å². The fraction of sp³-hybridized carbons (Fsp3) is 0.154. The molecule has 5 rings (SSSR count). The Morgan fingerprint density at radius 1 is 1.05 bits per heavy atom. The van der Waals surface area contributed by atoms with Gasteiger partial charge in [-0.2, -0.15) is 5.10 Å². The zero-order chi connectivity index (χ0) is 26.3. The molecule has 2 aromatic heterocycles. The Kier molecular flexibility index (Phi) is 6.57. The van der Waals surface area contributed by atoms with Crippen molar-refractivity contribution < 1.29 is 19.1 Å². The van der Waals surface area contributed by atoms with Gasteiger partial charge in [-0.15, -0.1) is 0 Å². The Hall–Kier alpha value is -3.95. The van der Waals surface area contributed by atoms with Gasteiger partial charge in [-0.1, -0.05) is 47.5 Å². The number of aliphatic carboxylic acids is 1. The summed E-state index contributed by atoms with van der Waals surface area (Å²) in [4.78, 5) is 37.4. The van der Waals surface area contributed by atoms with Crippen LogP contribution in [-0.4, -0.2) is 43.5 Å². The average Bonchev–Trinajstić information content (AvgIpc) is 3.50. The number of fused-ring (bicyclic) bond motifs is 1. The summed E-state index contributed by atoms with van der Waals surface area (Å²) in [5, 5.41) is 18.1. The van der Waals surface area contributed by atoms with E-state index in [4.69, 9.17) is 28.3 Å². The van der Waals surface area contributed by atoms with Crippen molar-refractivity contribution in [3.05, 3.63) is 98.4 Å². The third-order valence-electron chi connectivity index (χ3n) is 6.14. The van der Waals surface area contributed by atoms with E-state index in [1.54, 1.807) is 65.3 Å². The van der Waals surface area contributed by atoms with Crippen LogP contribution >= 0.6 is 23.2 Å². The summed E-state index contributed by atoms with van der Waals surface area (Å²) in [6.45, 7) is 0. The van der Waals surface area contributed by atoms with E-state index in [1.165, 1.54) is 0 Å². The molecule has 1 amide bonds. The minimum Gasteiger partial charge on any atom is -0.481 e. The lowest BCUT2D eigenvalue weighted by molar-refractivity contribution is -0.146. The maximum Gasteiger partial charge on any atom is 0.306 e. The summed E-state index contributed by atoms with van der Waals surface area (Å²) in [5.74, 6) is -2.56. The molecule has 1 aliphatic heterocycles. The van der Waals surface area contributed by atoms with Crippen LogP contribution in [0.3, 0.4) is 0 Å². The topological polar surface area (TPSA) is 107 Å². The molecule has 0 aliphatic carbocycles. The number of benzene rings is 2. The van der Waals surface area contributed by atoms with Gasteiger partial charge in [0, 0.05) is 28.2 Å². The minimum atomic E-state index is -2.31. The van der Waals surface area contributed by atoms with Gasteiger partial charge in [0.05, 0.1) is 29.3 Å². The maximum absolute atomic E-state index is 14.7. The van der Waals surface area contributed by atoms with Crippen molar-refractivity contribution in [1.82, 2.24) is 14.6 Å². The molecule has 0 saturated carbocycles. The van der Waals surface area contributed by atoms with Crippen LogP contribution in [0.25, 0.3) is 16.6 Å². The van der Waals surface area contributed by atoms with Crippen LogP contribution in [-0.2, 0) is 9.59 Å². The zero-order valence-electron chi connectivity index (χ0n) is 19.1. The maximum atomic E-state index is 14.7. The highest BCUT2D eigenvalue weighted by Gasteiger charge is 2.39. The standard InChI is InChI=1S/C26H19Cl2FN4O4/c27-16-7-3-14(4-8-16)21-13-19(30-33(21)26(37)18(29)12-22(34)35)24-23(15-5-9-17(28)10-6-15)20-2-1-11-32(20)31-25(24)36/h1-11,18,21H,12-13H2,(H,31,36)(H,34,35). The van der Waals surface area contributed by atoms with Gasteiger partial charge in [0.1, 0.15) is 0 Å². The molecule has 8 nitrogen and oxygen atoms in total. The predicted molar refractivity (Wildman–Crippen MR) is 138 cm³/mol. The molecule has 1 aliphatic rings. The number of carbonyl (C=O) groups excluding carboxylic acids is 1. The highest BCUT2D eigenvalue weighted by Crippen LogP contribution is 2.37. The average molecular weight is 541 g/mol. The summed E-state index contributed by atoms with van der Waals surface area (Å²) >= 11 is 12.1. The first-order valence-electron chi connectivity index (χ1n) is 11.2. The minimum absolute atomic E-state index is 0.0910. The van der Waals surface area contributed by atoms with Gasteiger partial charge in [-0.3, -0.25) is 24.0 Å². The number of nitrogens with zero attached hydrogens (tertiary/aromatic N) is 3. The van der Waals surface area contributed by atoms with Crippen molar-refractivity contribution in [3.63, 3.8) is 0 Å². The van der Waals surface area contributed by atoms with Crippen molar-refractivity contribution in [1.29, 1.82) is 0 Å². The molecule has 2 aromatic carbocycles. The van der Waals surface area contributed by atoms with Gasteiger partial charge in [0.15, 0.2) is 6.17 Å². The van der Waals surface area contributed by atoms with Crippen molar-refractivity contribution in [3.8, 4) is 11.1 Å². The van der Waals surface area contributed by atoms with E-state index in [0.717, 1.165) is 5.01 Å². The monoisotopic (exact) mass is 540 g/mol. The van der Waals surface area contributed by atoms with Crippen molar-refractivity contribution in [2.45, 2.75) is 25.1 Å². The number of hydrogen-bond donors (Lipinski definition) is 2. The number of hydrazone groups is 1. The summed E-state index contributed by atoms with van der Waals surface area (Å²) in [7, 11) is 0. The fourth-order valence-electron chi connectivity index (χ4n) is 4.47. The second-order valence-electron chi connectivity index (χ2n) is 8.53. The van der Waals surface area contributed by atoms with Crippen LogP contribution < -0.4 is 5.56 Å². The number of aromatic amines is 1. The molecule has 0 bridgehead atoms. The molecule has 3 heterocycles. The summed E-state index contributed by atoms with van der Waals surface area (Å²) in [5.41, 5.74) is 2.56. The molecule has 0 radical (unpaired) electrons. The number of halogens is 3. The van der Waals surface area contributed by atoms with Gasteiger partial charge >= 0.3 is 5.97 Å². The Labute approximate surface area is 219 Å². The molecule has 0 saturated heterocycles. The normalized spacial score (nSPS) is 16.1. The molecular formula is C26H19Cl2FN4O4. The van der Waals surface area contributed by atoms with Crippen LogP contribution in [0.1, 0.15) is 30.0 Å². The van der Waals surface area contributed by atoms with Gasteiger partial charge in [0.2, 0.25) is 0 Å². The molecule has 11 heteroatoms. The smallest absolute Gasteiger partial charge is 0.306 e. The van der Waals surface area contributed by atoms with Crippen LogP contribution in [0, 0.1) is 0 Å². The number of amides is 1. The SMILES string of the molecule is O=C(O)CC(F)C(=O)N1N=C(c2c(-c3ccc(Cl)cc3)c3cccn3[nH]c2=O)CC1c1ccc(Cl)cc1. The van der Waals surface area contributed by atoms with Gasteiger partial charge in [0.25, 0.3) is 11.5 Å². The van der Waals surface area contributed by atoms with E-state index < -0.39 is 36.1 Å². The molecule has 0 fully saturated rings. The number of H-pyrrole nitrogens is 1. The Morgan fingerprint density at radius 3 is 2.35 bits per heavy atom. The van der Waals surface area contributed by atoms with Crippen molar-refractivity contribution in [2.24, 2.45) is 5.10 Å². The summed E-state index contributed by atoms with van der Waals surface area (Å²) in [6.07, 6.45) is -1.52. The number of carbonyl (C=O) groups is 2. The second-order valence-corrected chi connectivity index (χ2v) is 9.40. The highest BCUT2D eigenvalue weighted by molar-refractivity contribution is 6.31. The first-order chi connectivity index (χ1) is 17.7. The van der Waals surface area contributed by atoms with Gasteiger partial charge < -0.3 is 5.11 Å². The quantitative estimate of drug-likeness (QED) is 0.355. The van der Waals surface area contributed by atoms with E-state index in [-0.39, 0.29) is 17.7 Å². The number of nitrogens with one attached hydrogen (secondary N) is 1. The van der Waals surface area contributed by atoms with E-state index in [0.29, 0.717) is 32.3 Å². The lowest BCUT2D eigenvalue weighted by atomic mass is 9.93. The van der Waals surface area contributed by atoms with Gasteiger partial charge in [-0.25, -0.2) is 9.40 Å². The lowest BCUT2D eigenvalue weighted by Gasteiger charge is -2.23. The molecule has 0 spiro atoms. The lowest BCUT2D eigenvalue weighted by Crippen LogP contribution is -2.35. The first kappa shape index (κ1) is 24.7. The first-order valence-corrected chi connectivity index (χ1v) is 12.0. The number of aromatic nitrogens is 2. The van der Waals surface area contributed by atoms with Crippen LogP contribution in [0.2, 0.25) is 10.0 Å². The molecule has 2 atom stereocenters. The molecule has 188 valence electrons. The summed E-state index contributed by atoms with van der Waals surface area (Å²) in [6, 6.07) is 16.4. The third-order valence-corrected chi connectivity index (χ3v) is 6.64. The molecule has 2 unspecified atom stereocenters. The summed E-state index contributed by atoms with van der Waals surface area (Å²) < 4.78 is 16.2. The zero-order valence-corrected chi connectivity index (χ0v) is 20.6. The van der Waals surface area contributed by atoms with Crippen LogP contribution in [0.15, 0.2) is 76.8 Å².